The lowest BCUT2D eigenvalue weighted by Crippen LogP contribution is -2.60. The van der Waals surface area contributed by atoms with E-state index in [1.54, 1.807) is 4.90 Å². The van der Waals surface area contributed by atoms with E-state index in [0.29, 0.717) is 45.8 Å². The predicted molar refractivity (Wildman–Crippen MR) is 111 cm³/mol. The van der Waals surface area contributed by atoms with Gasteiger partial charge in [0.1, 0.15) is 22.3 Å². The molecule has 9 nitrogen and oxygen atoms in total. The molecule has 0 spiro atoms. The quantitative estimate of drug-likeness (QED) is 0.702. The highest BCUT2D eigenvalue weighted by atomic mass is 32.2. The fourth-order valence-electron chi connectivity index (χ4n) is 4.29. The van der Waals surface area contributed by atoms with Crippen molar-refractivity contribution >= 4 is 16.1 Å². The van der Waals surface area contributed by atoms with E-state index in [1.807, 2.05) is 20.8 Å². The minimum Gasteiger partial charge on any atom is -0.444 e. The zero-order valence-electron chi connectivity index (χ0n) is 18.1. The highest BCUT2D eigenvalue weighted by Gasteiger charge is 2.42. The fourth-order valence-corrected chi connectivity index (χ4v) is 6.18. The van der Waals surface area contributed by atoms with Crippen LogP contribution in [-0.2, 0) is 34.1 Å². The molecule has 1 aliphatic carbocycles. The molecule has 168 valence electrons. The van der Waals surface area contributed by atoms with E-state index in [-0.39, 0.29) is 6.09 Å². The lowest BCUT2D eigenvalue weighted by Gasteiger charge is -2.42. The Hall–Kier alpha value is -1.65. The highest BCUT2D eigenvalue weighted by molar-refractivity contribution is 7.89. The van der Waals surface area contributed by atoms with Gasteiger partial charge in [-0.3, -0.25) is 4.90 Å². The number of aromatic nitrogens is 1. The Morgan fingerprint density at radius 1 is 1.13 bits per heavy atom. The topological polar surface area (TPSA) is 96.2 Å². The summed E-state index contributed by atoms with van der Waals surface area (Å²) in [5, 5.41) is 3.83. The molecule has 3 aliphatic rings. The number of ether oxygens (including phenoxy) is 1. The number of hydrogen-bond donors (Lipinski definition) is 0. The third kappa shape index (κ3) is 4.50. The maximum Gasteiger partial charge on any atom is 0.410 e. The number of fused-ring (bicyclic) bond motifs is 1. The standard InChI is InChI=1S/C20H32N4O5S/c1-20(2,3)28-19(25)23-8-10-24(11-9-23)30(26,27)15-12-22(13-15)14-17-16-6-4-5-7-18(16)29-21-17/h15H,4-14H2,1-3H3. The highest BCUT2D eigenvalue weighted by Crippen LogP contribution is 2.28. The average Bonchev–Trinajstić information content (AvgIpc) is 3.06. The Balaban J connectivity index is 1.27. The second-order valence-electron chi connectivity index (χ2n) is 9.47. The third-order valence-corrected chi connectivity index (χ3v) is 8.23. The van der Waals surface area contributed by atoms with E-state index in [4.69, 9.17) is 9.26 Å². The first-order valence-electron chi connectivity index (χ1n) is 10.8. The van der Waals surface area contributed by atoms with Gasteiger partial charge in [0.2, 0.25) is 10.0 Å². The normalized spacial score (nSPS) is 21.9. The smallest absolute Gasteiger partial charge is 0.410 e. The van der Waals surface area contributed by atoms with Gasteiger partial charge in [-0.05, 0) is 40.0 Å². The Kier molecular flexibility index (Phi) is 5.84. The number of carbonyl (C=O) groups excluding carboxylic acids is 1. The maximum atomic E-state index is 13.0. The van der Waals surface area contributed by atoms with Gasteiger partial charge in [0.05, 0.1) is 0 Å². The van der Waals surface area contributed by atoms with E-state index in [2.05, 4.69) is 10.1 Å². The maximum absolute atomic E-state index is 13.0. The molecule has 1 amide bonds. The number of piperazine rings is 1. The molecule has 2 aliphatic heterocycles. The van der Waals surface area contributed by atoms with Crippen LogP contribution in [0.15, 0.2) is 4.52 Å². The van der Waals surface area contributed by atoms with Crippen LogP contribution in [-0.4, -0.2) is 83.9 Å². The number of sulfonamides is 1. The van der Waals surface area contributed by atoms with E-state index < -0.39 is 20.9 Å². The molecule has 2 fully saturated rings. The fraction of sp³-hybridized carbons (Fsp3) is 0.800. The molecule has 4 rings (SSSR count). The summed E-state index contributed by atoms with van der Waals surface area (Å²) in [6, 6.07) is 0. The zero-order valence-corrected chi connectivity index (χ0v) is 18.9. The molecule has 0 radical (unpaired) electrons. The van der Waals surface area contributed by atoms with E-state index in [0.717, 1.165) is 37.1 Å². The summed E-state index contributed by atoms with van der Waals surface area (Å²) in [6.45, 7) is 8.48. The van der Waals surface area contributed by atoms with E-state index in [1.165, 1.54) is 9.87 Å². The van der Waals surface area contributed by atoms with E-state index >= 15 is 0 Å². The van der Waals surface area contributed by atoms with Gasteiger partial charge in [-0.25, -0.2) is 13.2 Å². The number of aryl methyl sites for hydroxylation is 1. The van der Waals surface area contributed by atoms with Gasteiger partial charge in [-0.1, -0.05) is 5.16 Å². The summed E-state index contributed by atoms with van der Waals surface area (Å²) in [4.78, 5) is 15.9. The molecule has 0 unspecified atom stereocenters. The lowest BCUT2D eigenvalue weighted by atomic mass is 9.96. The summed E-state index contributed by atoms with van der Waals surface area (Å²) in [6.07, 6.45) is 3.88. The largest absolute Gasteiger partial charge is 0.444 e. The first-order chi connectivity index (χ1) is 14.1. The van der Waals surface area contributed by atoms with Gasteiger partial charge in [0.15, 0.2) is 0 Å². The molecule has 0 bridgehead atoms. The zero-order chi connectivity index (χ0) is 21.5. The van der Waals surface area contributed by atoms with Crippen molar-refractivity contribution in [2.75, 3.05) is 39.3 Å². The van der Waals surface area contributed by atoms with Gasteiger partial charge in [-0.15, -0.1) is 0 Å². The third-order valence-electron chi connectivity index (χ3n) is 6.00. The molecule has 3 heterocycles. The number of likely N-dealkylation sites (tertiary alicyclic amines) is 1. The second-order valence-corrected chi connectivity index (χ2v) is 11.7. The Morgan fingerprint density at radius 2 is 1.80 bits per heavy atom. The summed E-state index contributed by atoms with van der Waals surface area (Å²) in [5.74, 6) is 1.00. The van der Waals surface area contributed by atoms with Crippen molar-refractivity contribution in [2.24, 2.45) is 0 Å². The molecule has 0 saturated carbocycles. The van der Waals surface area contributed by atoms with Crippen LogP contribution in [0.4, 0.5) is 4.79 Å². The van der Waals surface area contributed by atoms with Crippen LogP contribution < -0.4 is 0 Å². The van der Waals surface area contributed by atoms with Crippen LogP contribution in [0.25, 0.3) is 0 Å². The second kappa shape index (κ2) is 8.12. The van der Waals surface area contributed by atoms with Crippen molar-refractivity contribution in [1.29, 1.82) is 0 Å². The first-order valence-corrected chi connectivity index (χ1v) is 12.3. The molecular formula is C20H32N4O5S. The van der Waals surface area contributed by atoms with Crippen LogP contribution in [0.2, 0.25) is 0 Å². The minimum atomic E-state index is -3.37. The van der Waals surface area contributed by atoms with Crippen LogP contribution in [0.1, 0.15) is 50.6 Å². The van der Waals surface area contributed by atoms with Crippen LogP contribution in [0.5, 0.6) is 0 Å². The Labute approximate surface area is 178 Å². The number of carbonyl (C=O) groups is 1. The molecule has 0 aromatic carbocycles. The van der Waals surface area contributed by atoms with Crippen molar-refractivity contribution in [3.8, 4) is 0 Å². The molecule has 30 heavy (non-hydrogen) atoms. The summed E-state index contributed by atoms with van der Waals surface area (Å²) < 4.78 is 38.3. The van der Waals surface area contributed by atoms with Gasteiger partial charge in [-0.2, -0.15) is 4.31 Å². The predicted octanol–water partition coefficient (Wildman–Crippen LogP) is 1.62. The minimum absolute atomic E-state index is 0.314. The molecule has 2 saturated heterocycles. The number of rotatable bonds is 4. The van der Waals surface area contributed by atoms with Crippen molar-refractivity contribution in [3.63, 3.8) is 0 Å². The van der Waals surface area contributed by atoms with Crippen molar-refractivity contribution in [2.45, 2.75) is 63.9 Å². The van der Waals surface area contributed by atoms with Crippen LogP contribution in [0, 0.1) is 0 Å². The summed E-state index contributed by atoms with van der Waals surface area (Å²) in [7, 11) is -3.37. The van der Waals surface area contributed by atoms with E-state index in [9.17, 15) is 13.2 Å². The van der Waals surface area contributed by atoms with Crippen molar-refractivity contribution < 1.29 is 22.5 Å². The number of hydrogen-bond acceptors (Lipinski definition) is 7. The molecule has 10 heteroatoms. The molecule has 1 aromatic rings. The van der Waals surface area contributed by atoms with Crippen molar-refractivity contribution in [1.82, 2.24) is 19.3 Å². The lowest BCUT2D eigenvalue weighted by molar-refractivity contribution is 0.0190. The summed E-state index contributed by atoms with van der Waals surface area (Å²) in [5.41, 5.74) is 1.64. The molecular weight excluding hydrogens is 408 g/mol. The first kappa shape index (κ1) is 21.6. The Morgan fingerprint density at radius 3 is 2.47 bits per heavy atom. The molecule has 0 atom stereocenters. The Bertz CT molecular complexity index is 877. The van der Waals surface area contributed by atoms with Crippen LogP contribution >= 0.6 is 0 Å². The SMILES string of the molecule is CC(C)(C)OC(=O)N1CCN(S(=O)(=O)C2CN(Cc3noc4c3CCCC4)C2)CC1. The van der Waals surface area contributed by atoms with Crippen LogP contribution in [0.3, 0.4) is 0 Å². The summed E-state index contributed by atoms with van der Waals surface area (Å²) >= 11 is 0. The van der Waals surface area contributed by atoms with Crippen molar-refractivity contribution in [3.05, 3.63) is 17.0 Å². The number of nitrogens with zero attached hydrogens (tertiary/aromatic N) is 4. The van der Waals surface area contributed by atoms with Gasteiger partial charge in [0.25, 0.3) is 0 Å². The monoisotopic (exact) mass is 440 g/mol. The van der Waals surface area contributed by atoms with Gasteiger partial charge in [0, 0.05) is 57.8 Å². The average molecular weight is 441 g/mol. The molecule has 1 aromatic heterocycles. The number of amides is 1. The molecule has 0 N–H and O–H groups in total. The van der Waals surface area contributed by atoms with Gasteiger partial charge >= 0.3 is 6.09 Å². The van der Waals surface area contributed by atoms with Gasteiger partial charge < -0.3 is 14.2 Å².